The van der Waals surface area contributed by atoms with Crippen LogP contribution in [-0.2, 0) is 4.79 Å². The molecule has 29 heavy (non-hydrogen) atoms. The van der Waals surface area contributed by atoms with E-state index >= 15 is 0 Å². The van der Waals surface area contributed by atoms with Gasteiger partial charge in [-0.2, -0.15) is 8.78 Å². The highest BCUT2D eigenvalue weighted by Crippen LogP contribution is 2.30. The molecule has 1 aliphatic heterocycles. The fourth-order valence-corrected chi connectivity index (χ4v) is 3.33. The molecule has 0 bridgehead atoms. The minimum absolute atomic E-state index is 0. The number of anilines is 1. The standard InChI is InChI=1S/C20H23F2N3O3.ClH/c1-27-17-8-4-2-6-14(17)16-12-23-10-11-25(16)13-19(26)24-15-7-3-5-9-18(15)28-20(21)22;/h2-9,16,20,23H,10-13H2,1H3,(H,24,26);1H. The van der Waals surface area contributed by atoms with Crippen LogP contribution in [0, 0.1) is 0 Å². The molecule has 1 fully saturated rings. The molecule has 6 nitrogen and oxygen atoms in total. The second-order valence-electron chi connectivity index (χ2n) is 6.36. The van der Waals surface area contributed by atoms with Crippen molar-refractivity contribution in [1.82, 2.24) is 10.2 Å². The Morgan fingerprint density at radius 3 is 2.62 bits per heavy atom. The first-order valence-corrected chi connectivity index (χ1v) is 9.00. The van der Waals surface area contributed by atoms with Crippen molar-refractivity contribution in [3.8, 4) is 11.5 Å². The number of carbonyl (C=O) groups is 1. The smallest absolute Gasteiger partial charge is 0.387 e. The number of hydrogen-bond donors (Lipinski definition) is 2. The van der Waals surface area contributed by atoms with Crippen molar-refractivity contribution in [2.24, 2.45) is 0 Å². The quantitative estimate of drug-likeness (QED) is 0.710. The first-order chi connectivity index (χ1) is 13.6. The van der Waals surface area contributed by atoms with E-state index in [9.17, 15) is 13.6 Å². The number of halogens is 3. The van der Waals surface area contributed by atoms with E-state index in [-0.39, 0.29) is 42.3 Å². The van der Waals surface area contributed by atoms with Crippen LogP contribution < -0.4 is 20.1 Å². The first-order valence-electron chi connectivity index (χ1n) is 9.00. The summed E-state index contributed by atoms with van der Waals surface area (Å²) < 4.78 is 35.0. The van der Waals surface area contributed by atoms with Crippen LogP contribution in [0.1, 0.15) is 11.6 Å². The highest BCUT2D eigenvalue weighted by atomic mass is 35.5. The number of amides is 1. The van der Waals surface area contributed by atoms with E-state index in [1.807, 2.05) is 29.2 Å². The van der Waals surface area contributed by atoms with E-state index in [1.54, 1.807) is 19.2 Å². The monoisotopic (exact) mass is 427 g/mol. The molecule has 2 aromatic carbocycles. The van der Waals surface area contributed by atoms with Crippen molar-refractivity contribution in [3.63, 3.8) is 0 Å². The van der Waals surface area contributed by atoms with Crippen LogP contribution in [0.5, 0.6) is 11.5 Å². The Bertz CT molecular complexity index is 810. The average molecular weight is 428 g/mol. The molecule has 9 heteroatoms. The maximum Gasteiger partial charge on any atom is 0.387 e. The molecule has 1 saturated heterocycles. The van der Waals surface area contributed by atoms with Gasteiger partial charge >= 0.3 is 6.61 Å². The van der Waals surface area contributed by atoms with E-state index in [0.29, 0.717) is 13.1 Å². The number of nitrogens with zero attached hydrogens (tertiary/aromatic N) is 1. The summed E-state index contributed by atoms with van der Waals surface area (Å²) in [5.41, 5.74) is 1.21. The lowest BCUT2D eigenvalue weighted by molar-refractivity contribution is -0.118. The Hall–Kier alpha value is -2.42. The molecule has 1 amide bonds. The lowest BCUT2D eigenvalue weighted by Crippen LogP contribution is -2.48. The molecule has 158 valence electrons. The zero-order chi connectivity index (χ0) is 19.9. The van der Waals surface area contributed by atoms with Crippen molar-refractivity contribution in [1.29, 1.82) is 0 Å². The van der Waals surface area contributed by atoms with Crippen molar-refractivity contribution < 1.29 is 23.0 Å². The summed E-state index contributed by atoms with van der Waals surface area (Å²) in [6.07, 6.45) is 0. The molecule has 1 unspecified atom stereocenters. The van der Waals surface area contributed by atoms with Crippen molar-refractivity contribution >= 4 is 24.0 Å². The van der Waals surface area contributed by atoms with E-state index in [0.717, 1.165) is 17.9 Å². The lowest BCUT2D eigenvalue weighted by Gasteiger charge is -2.36. The Morgan fingerprint density at radius 2 is 1.90 bits per heavy atom. The van der Waals surface area contributed by atoms with E-state index in [4.69, 9.17) is 4.74 Å². The summed E-state index contributed by atoms with van der Waals surface area (Å²) in [4.78, 5) is 14.6. The molecule has 0 saturated carbocycles. The molecule has 0 aliphatic carbocycles. The van der Waals surface area contributed by atoms with Gasteiger partial charge in [0.2, 0.25) is 5.91 Å². The summed E-state index contributed by atoms with van der Waals surface area (Å²) in [5, 5.41) is 6.01. The number of ether oxygens (including phenoxy) is 2. The Balaban J connectivity index is 0.00000300. The topological polar surface area (TPSA) is 62.8 Å². The molecule has 0 spiro atoms. The fraction of sp³-hybridized carbons (Fsp3) is 0.350. The van der Waals surface area contributed by atoms with Crippen LogP contribution in [0.3, 0.4) is 0 Å². The zero-order valence-electron chi connectivity index (χ0n) is 15.9. The van der Waals surface area contributed by atoms with Gasteiger partial charge in [-0.3, -0.25) is 9.69 Å². The van der Waals surface area contributed by atoms with Crippen molar-refractivity contribution in [2.45, 2.75) is 12.7 Å². The lowest BCUT2D eigenvalue weighted by atomic mass is 10.0. The number of rotatable bonds is 7. The van der Waals surface area contributed by atoms with Gasteiger partial charge in [0.05, 0.1) is 25.4 Å². The third-order valence-corrected chi connectivity index (χ3v) is 4.58. The van der Waals surface area contributed by atoms with Crippen LogP contribution in [0.4, 0.5) is 14.5 Å². The van der Waals surface area contributed by atoms with Gasteiger partial charge in [0.15, 0.2) is 0 Å². The molecule has 2 aromatic rings. The Labute approximate surface area is 174 Å². The largest absolute Gasteiger partial charge is 0.496 e. The maximum atomic E-state index is 12.6. The number of benzene rings is 2. The Morgan fingerprint density at radius 1 is 1.21 bits per heavy atom. The molecule has 0 radical (unpaired) electrons. The van der Waals surface area contributed by atoms with Crippen LogP contribution in [0.25, 0.3) is 0 Å². The van der Waals surface area contributed by atoms with Gasteiger partial charge in [0.25, 0.3) is 0 Å². The molecule has 1 atom stereocenters. The van der Waals surface area contributed by atoms with E-state index < -0.39 is 6.61 Å². The highest BCUT2D eigenvalue weighted by Gasteiger charge is 2.27. The van der Waals surface area contributed by atoms with E-state index in [2.05, 4.69) is 15.4 Å². The van der Waals surface area contributed by atoms with Gasteiger partial charge < -0.3 is 20.1 Å². The Kier molecular flexibility index (Phi) is 8.63. The van der Waals surface area contributed by atoms with Gasteiger partial charge in [-0.05, 0) is 18.2 Å². The third kappa shape index (κ3) is 6.03. The normalized spacial score (nSPS) is 16.8. The minimum atomic E-state index is -2.96. The summed E-state index contributed by atoms with van der Waals surface area (Å²) in [6.45, 7) is -0.734. The number of piperazine rings is 1. The van der Waals surface area contributed by atoms with Crippen LogP contribution in [0.2, 0.25) is 0 Å². The molecule has 1 heterocycles. The number of hydrogen-bond acceptors (Lipinski definition) is 5. The first kappa shape index (κ1) is 22.9. The third-order valence-electron chi connectivity index (χ3n) is 4.58. The molecule has 2 N–H and O–H groups in total. The fourth-order valence-electron chi connectivity index (χ4n) is 3.33. The van der Waals surface area contributed by atoms with Crippen molar-refractivity contribution in [2.75, 3.05) is 38.6 Å². The zero-order valence-corrected chi connectivity index (χ0v) is 16.8. The van der Waals surface area contributed by atoms with Crippen LogP contribution >= 0.6 is 12.4 Å². The SMILES string of the molecule is COc1ccccc1C1CNCCN1CC(=O)Nc1ccccc1OC(F)F.Cl. The second-order valence-corrected chi connectivity index (χ2v) is 6.36. The summed E-state index contributed by atoms with van der Waals surface area (Å²) in [5.74, 6) is 0.400. The number of nitrogens with one attached hydrogen (secondary N) is 2. The highest BCUT2D eigenvalue weighted by molar-refractivity contribution is 5.93. The molecule has 1 aliphatic rings. The van der Waals surface area contributed by atoms with Gasteiger partial charge in [0.1, 0.15) is 11.5 Å². The predicted octanol–water partition coefficient (Wildman–Crippen LogP) is 3.30. The van der Waals surface area contributed by atoms with Crippen molar-refractivity contribution in [3.05, 3.63) is 54.1 Å². The summed E-state index contributed by atoms with van der Waals surface area (Å²) in [6, 6.07) is 13.8. The maximum absolute atomic E-state index is 12.6. The van der Waals surface area contributed by atoms with Gasteiger partial charge in [-0.25, -0.2) is 0 Å². The summed E-state index contributed by atoms with van der Waals surface area (Å²) in [7, 11) is 1.62. The molecular weight excluding hydrogens is 404 g/mol. The number of alkyl halides is 2. The van der Waals surface area contributed by atoms with E-state index in [1.165, 1.54) is 12.1 Å². The number of para-hydroxylation sites is 3. The average Bonchev–Trinajstić information content (AvgIpc) is 2.69. The minimum Gasteiger partial charge on any atom is -0.496 e. The van der Waals surface area contributed by atoms with Crippen LogP contribution in [-0.4, -0.2) is 50.7 Å². The molecular formula is C20H24ClF2N3O3. The number of carbonyl (C=O) groups excluding carboxylic acids is 1. The second kappa shape index (κ2) is 10.9. The van der Waals surface area contributed by atoms with Gasteiger partial charge in [0, 0.05) is 25.2 Å². The predicted molar refractivity (Wildman–Crippen MR) is 109 cm³/mol. The van der Waals surface area contributed by atoms with Crippen LogP contribution in [0.15, 0.2) is 48.5 Å². The van der Waals surface area contributed by atoms with Gasteiger partial charge in [-0.1, -0.05) is 30.3 Å². The number of methoxy groups -OCH3 is 1. The summed E-state index contributed by atoms with van der Waals surface area (Å²) >= 11 is 0. The molecule has 3 rings (SSSR count). The molecule has 0 aromatic heterocycles. The van der Waals surface area contributed by atoms with Gasteiger partial charge in [-0.15, -0.1) is 12.4 Å².